The minimum absolute atomic E-state index is 0.267. The molecule has 0 aliphatic heterocycles. The predicted octanol–water partition coefficient (Wildman–Crippen LogP) is 1.11. The number of hydrogen-bond donors (Lipinski definition) is 5. The Morgan fingerprint density at radius 3 is 2.82 bits per heavy atom. The molecule has 9 heteroatoms. The molecule has 1 heterocycles. The standard InChI is InChI=1S/C19H28N8O/c20-7-1-2-15(22)18(28)27-17-6-5-14(10-23-17)25-19(24-11-21)26-16-9-12-3-4-13(16)8-12/h5-6,10,12-13,15-16H,1-4,7-9,20,22H2,(H,23,27,28)(H2,24,25,26)/t12-,13+,15+,16+/m1/s1. The van der Waals surface area contributed by atoms with Gasteiger partial charge in [-0.1, -0.05) is 6.42 Å². The highest BCUT2D eigenvalue weighted by molar-refractivity contribution is 5.95. The van der Waals surface area contributed by atoms with Gasteiger partial charge in [-0.3, -0.25) is 10.1 Å². The highest BCUT2D eigenvalue weighted by Crippen LogP contribution is 2.45. The monoisotopic (exact) mass is 384 g/mol. The number of aromatic nitrogens is 1. The third-order valence-corrected chi connectivity index (χ3v) is 5.50. The van der Waals surface area contributed by atoms with Crippen molar-refractivity contribution in [3.05, 3.63) is 18.3 Å². The second-order valence-electron chi connectivity index (χ2n) is 7.54. The molecule has 150 valence electrons. The lowest BCUT2D eigenvalue weighted by atomic mass is 9.96. The van der Waals surface area contributed by atoms with E-state index in [-0.39, 0.29) is 11.9 Å². The van der Waals surface area contributed by atoms with Crippen LogP contribution in [0.4, 0.5) is 11.5 Å². The van der Waals surface area contributed by atoms with Crippen molar-refractivity contribution in [3.8, 4) is 6.19 Å². The number of nitrogens with zero attached hydrogens (tertiary/aromatic N) is 3. The zero-order valence-electron chi connectivity index (χ0n) is 15.9. The van der Waals surface area contributed by atoms with Crippen LogP contribution in [0.3, 0.4) is 0 Å². The number of fused-ring (bicyclic) bond motifs is 2. The van der Waals surface area contributed by atoms with Crippen LogP contribution in [0, 0.1) is 23.3 Å². The number of nitrogens with two attached hydrogens (primary N) is 2. The highest BCUT2D eigenvalue weighted by atomic mass is 16.2. The molecule has 2 aliphatic carbocycles. The summed E-state index contributed by atoms with van der Waals surface area (Å²) in [6.45, 7) is 0.502. The van der Waals surface area contributed by atoms with Crippen molar-refractivity contribution in [1.29, 1.82) is 5.26 Å². The van der Waals surface area contributed by atoms with Gasteiger partial charge in [0.25, 0.3) is 0 Å². The molecule has 0 radical (unpaired) electrons. The molecule has 0 aromatic carbocycles. The fourth-order valence-corrected chi connectivity index (χ4v) is 4.05. The van der Waals surface area contributed by atoms with Gasteiger partial charge >= 0.3 is 0 Å². The summed E-state index contributed by atoms with van der Waals surface area (Å²) in [7, 11) is 0. The molecule has 2 saturated carbocycles. The number of guanidine groups is 1. The Morgan fingerprint density at radius 1 is 1.36 bits per heavy atom. The van der Waals surface area contributed by atoms with E-state index < -0.39 is 6.04 Å². The number of pyridine rings is 1. The first kappa shape index (κ1) is 20.0. The van der Waals surface area contributed by atoms with Crippen LogP contribution in [0.1, 0.15) is 38.5 Å². The van der Waals surface area contributed by atoms with E-state index in [1.54, 1.807) is 18.3 Å². The molecule has 1 aromatic heterocycles. The molecule has 2 aliphatic rings. The summed E-state index contributed by atoms with van der Waals surface area (Å²) in [4.78, 5) is 21.0. The molecule has 7 N–H and O–H groups in total. The maximum Gasteiger partial charge on any atom is 0.242 e. The number of rotatable bonds is 7. The van der Waals surface area contributed by atoms with Crippen molar-refractivity contribution >= 4 is 23.4 Å². The molecule has 2 bridgehead atoms. The fraction of sp³-hybridized carbons (Fsp3) is 0.579. The normalized spacial score (nSPS) is 24.5. The van der Waals surface area contributed by atoms with Crippen LogP contribution in [-0.4, -0.2) is 35.5 Å². The van der Waals surface area contributed by atoms with Crippen LogP contribution in [0.5, 0.6) is 0 Å². The number of nitriles is 1. The SMILES string of the molecule is N#CNC(=N[C@H]1C[C@@H]2CC[C@H]1C2)Nc1ccc(NC(=O)[C@@H](N)CCCN)nc1. The number of carbonyl (C=O) groups excluding carboxylic acids is 1. The highest BCUT2D eigenvalue weighted by Gasteiger charge is 2.39. The van der Waals surface area contributed by atoms with Crippen LogP contribution in [-0.2, 0) is 4.79 Å². The topological polar surface area (TPSA) is 154 Å². The lowest BCUT2D eigenvalue weighted by Gasteiger charge is -2.19. The minimum Gasteiger partial charge on any atom is -0.330 e. The Hall–Kier alpha value is -2.70. The van der Waals surface area contributed by atoms with E-state index in [2.05, 4.69) is 20.9 Å². The summed E-state index contributed by atoms with van der Waals surface area (Å²) < 4.78 is 0. The number of anilines is 2. The molecule has 1 amide bonds. The number of aliphatic imine (C=N–C) groups is 1. The Kier molecular flexibility index (Phi) is 6.79. The van der Waals surface area contributed by atoms with Crippen molar-refractivity contribution in [2.45, 2.75) is 50.6 Å². The molecule has 0 spiro atoms. The fourth-order valence-electron chi connectivity index (χ4n) is 4.05. The summed E-state index contributed by atoms with van der Waals surface area (Å²) >= 11 is 0. The first-order valence-corrected chi connectivity index (χ1v) is 9.81. The molecule has 0 saturated heterocycles. The molecule has 3 rings (SSSR count). The molecule has 9 nitrogen and oxygen atoms in total. The van der Waals surface area contributed by atoms with Crippen LogP contribution >= 0.6 is 0 Å². The Labute approximate surface area is 165 Å². The summed E-state index contributed by atoms with van der Waals surface area (Å²) in [5.41, 5.74) is 11.9. The van der Waals surface area contributed by atoms with Gasteiger partial charge in [-0.25, -0.2) is 9.98 Å². The molecule has 28 heavy (non-hydrogen) atoms. The van der Waals surface area contributed by atoms with Crippen molar-refractivity contribution < 1.29 is 4.79 Å². The lowest BCUT2D eigenvalue weighted by Crippen LogP contribution is -2.36. The summed E-state index contributed by atoms with van der Waals surface area (Å²) in [5.74, 6) is 1.97. The molecule has 2 fully saturated rings. The van der Waals surface area contributed by atoms with E-state index in [1.807, 2.05) is 6.19 Å². The first-order chi connectivity index (χ1) is 13.6. The van der Waals surface area contributed by atoms with E-state index in [0.717, 1.165) is 12.3 Å². The van der Waals surface area contributed by atoms with E-state index in [4.69, 9.17) is 21.7 Å². The van der Waals surface area contributed by atoms with Crippen LogP contribution in [0.25, 0.3) is 0 Å². The van der Waals surface area contributed by atoms with Crippen molar-refractivity contribution in [1.82, 2.24) is 10.3 Å². The quantitative estimate of drug-likeness (QED) is 0.204. The zero-order valence-corrected chi connectivity index (χ0v) is 15.9. The Morgan fingerprint density at radius 2 is 2.21 bits per heavy atom. The number of carbonyl (C=O) groups is 1. The third kappa shape index (κ3) is 5.18. The lowest BCUT2D eigenvalue weighted by molar-refractivity contribution is -0.117. The van der Waals surface area contributed by atoms with Crippen molar-refractivity contribution in [3.63, 3.8) is 0 Å². The van der Waals surface area contributed by atoms with Crippen LogP contribution in [0.15, 0.2) is 23.3 Å². The number of hydrogen-bond acceptors (Lipinski definition) is 6. The molecular weight excluding hydrogens is 356 g/mol. The first-order valence-electron chi connectivity index (χ1n) is 9.81. The molecule has 1 aromatic rings. The van der Waals surface area contributed by atoms with Gasteiger partial charge in [0.15, 0.2) is 6.19 Å². The van der Waals surface area contributed by atoms with Gasteiger partial charge in [0, 0.05) is 0 Å². The van der Waals surface area contributed by atoms with E-state index in [9.17, 15) is 4.79 Å². The van der Waals surface area contributed by atoms with Gasteiger partial charge in [-0.05, 0) is 62.6 Å². The van der Waals surface area contributed by atoms with Gasteiger partial charge in [-0.2, -0.15) is 5.26 Å². The largest absolute Gasteiger partial charge is 0.330 e. The van der Waals surface area contributed by atoms with E-state index in [1.165, 1.54) is 19.3 Å². The summed E-state index contributed by atoms with van der Waals surface area (Å²) in [5, 5.41) is 17.4. The average Bonchev–Trinajstić information content (AvgIpc) is 3.31. The van der Waals surface area contributed by atoms with Crippen LogP contribution in [0.2, 0.25) is 0 Å². The van der Waals surface area contributed by atoms with E-state index >= 15 is 0 Å². The van der Waals surface area contributed by atoms with Crippen LogP contribution < -0.4 is 27.4 Å². The van der Waals surface area contributed by atoms with Gasteiger partial charge in [0.2, 0.25) is 11.9 Å². The van der Waals surface area contributed by atoms with Gasteiger partial charge in [0.05, 0.1) is 24.0 Å². The maximum absolute atomic E-state index is 12.0. The maximum atomic E-state index is 12.0. The summed E-state index contributed by atoms with van der Waals surface area (Å²) in [6, 6.07) is 3.10. The van der Waals surface area contributed by atoms with Gasteiger partial charge in [-0.15, -0.1) is 0 Å². The predicted molar refractivity (Wildman–Crippen MR) is 108 cm³/mol. The number of amides is 1. The Balaban J connectivity index is 1.57. The second kappa shape index (κ2) is 9.48. The summed E-state index contributed by atoms with van der Waals surface area (Å²) in [6.07, 6.45) is 9.61. The minimum atomic E-state index is -0.608. The zero-order chi connectivity index (χ0) is 19.9. The average molecular weight is 384 g/mol. The molecular formula is C19H28N8O. The number of nitrogens with one attached hydrogen (secondary N) is 3. The second-order valence-corrected chi connectivity index (χ2v) is 7.54. The van der Waals surface area contributed by atoms with Crippen molar-refractivity contribution in [2.75, 3.05) is 17.2 Å². The van der Waals surface area contributed by atoms with Gasteiger partial charge < -0.3 is 22.1 Å². The van der Waals surface area contributed by atoms with Gasteiger partial charge in [0.1, 0.15) is 5.82 Å². The smallest absolute Gasteiger partial charge is 0.242 e. The Bertz CT molecular complexity index is 741. The third-order valence-electron chi connectivity index (χ3n) is 5.50. The van der Waals surface area contributed by atoms with E-state index in [0.29, 0.717) is 42.8 Å². The van der Waals surface area contributed by atoms with Crippen molar-refractivity contribution in [2.24, 2.45) is 28.3 Å². The molecule has 4 atom stereocenters. The molecule has 0 unspecified atom stereocenters.